The van der Waals surface area contributed by atoms with Crippen molar-refractivity contribution in [3.8, 4) is 0 Å². The Morgan fingerprint density at radius 1 is 1.41 bits per heavy atom. The Balaban J connectivity index is 2.71. The molecular weight excluding hydrogens is 248 g/mol. The molecule has 98 valence electrons. The van der Waals surface area contributed by atoms with Crippen LogP contribution in [0, 0.1) is 0 Å². The molecule has 0 saturated carbocycles. The molecule has 7 nitrogen and oxygen atoms in total. The molecule has 0 aromatic rings. The van der Waals surface area contributed by atoms with Gasteiger partial charge in [0.25, 0.3) is 0 Å². The van der Waals surface area contributed by atoms with Crippen molar-refractivity contribution >= 4 is 21.9 Å². The minimum atomic E-state index is -3.43. The zero-order valence-corrected chi connectivity index (χ0v) is 10.4. The fourth-order valence-corrected chi connectivity index (χ4v) is 2.97. The molecule has 1 fully saturated rings. The van der Waals surface area contributed by atoms with Crippen molar-refractivity contribution < 1.29 is 23.1 Å². The van der Waals surface area contributed by atoms with E-state index in [0.717, 1.165) is 23.4 Å². The maximum Gasteiger partial charge on any atom is 0.322 e. The second-order valence-corrected chi connectivity index (χ2v) is 5.93. The van der Waals surface area contributed by atoms with Gasteiger partial charge in [0.2, 0.25) is 15.9 Å². The molecule has 0 aliphatic carbocycles. The fourth-order valence-electron chi connectivity index (χ4n) is 1.84. The van der Waals surface area contributed by atoms with Crippen LogP contribution >= 0.6 is 0 Å². The van der Waals surface area contributed by atoms with Crippen LogP contribution < -0.4 is 5.32 Å². The van der Waals surface area contributed by atoms with E-state index < -0.39 is 34.5 Å². The van der Waals surface area contributed by atoms with Crippen LogP contribution in [0.3, 0.4) is 0 Å². The summed E-state index contributed by atoms with van der Waals surface area (Å²) in [4.78, 5) is 22.0. The van der Waals surface area contributed by atoms with Gasteiger partial charge in [0.15, 0.2) is 0 Å². The summed E-state index contributed by atoms with van der Waals surface area (Å²) in [7, 11) is -3.43. The van der Waals surface area contributed by atoms with E-state index in [9.17, 15) is 18.0 Å². The molecule has 2 N–H and O–H groups in total. The van der Waals surface area contributed by atoms with Crippen LogP contribution in [0.5, 0.6) is 0 Å². The Morgan fingerprint density at radius 2 is 2.06 bits per heavy atom. The number of nitrogens with one attached hydrogen (secondary N) is 1. The molecule has 1 aliphatic rings. The Hall–Kier alpha value is -1.15. The van der Waals surface area contributed by atoms with Gasteiger partial charge in [-0.3, -0.25) is 9.59 Å². The molecule has 1 aliphatic heterocycles. The average molecular weight is 264 g/mol. The summed E-state index contributed by atoms with van der Waals surface area (Å²) < 4.78 is 24.1. The Bertz CT molecular complexity index is 406. The number of hydrogen-bond donors (Lipinski definition) is 2. The maximum atomic E-state index is 11.7. The first-order valence-corrected chi connectivity index (χ1v) is 7.13. The van der Waals surface area contributed by atoms with Crippen LogP contribution in [0.2, 0.25) is 0 Å². The monoisotopic (exact) mass is 264 g/mol. The molecule has 0 aromatic carbocycles. The minimum Gasteiger partial charge on any atom is -0.480 e. The van der Waals surface area contributed by atoms with Gasteiger partial charge in [-0.1, -0.05) is 6.42 Å². The average Bonchev–Trinajstić information content (AvgIpc) is 2.24. The van der Waals surface area contributed by atoms with Crippen LogP contribution in [-0.4, -0.2) is 55.1 Å². The largest absolute Gasteiger partial charge is 0.480 e. The van der Waals surface area contributed by atoms with Gasteiger partial charge in [-0.05, 0) is 12.8 Å². The number of carbonyl (C=O) groups excluding carboxylic acids is 1. The molecule has 0 bridgehead atoms. The lowest BCUT2D eigenvalue weighted by atomic mass is 10.0. The molecule has 0 aromatic heterocycles. The first-order valence-electron chi connectivity index (χ1n) is 5.28. The molecule has 17 heavy (non-hydrogen) atoms. The number of amides is 1. The van der Waals surface area contributed by atoms with Gasteiger partial charge in [0.1, 0.15) is 12.6 Å². The summed E-state index contributed by atoms with van der Waals surface area (Å²) in [5.41, 5.74) is 0. The van der Waals surface area contributed by atoms with Gasteiger partial charge in [-0.25, -0.2) is 8.42 Å². The summed E-state index contributed by atoms with van der Waals surface area (Å²) in [5.74, 6) is -1.70. The third-order valence-corrected chi connectivity index (χ3v) is 3.89. The van der Waals surface area contributed by atoms with Gasteiger partial charge in [-0.15, -0.1) is 0 Å². The van der Waals surface area contributed by atoms with E-state index in [1.807, 2.05) is 0 Å². The highest BCUT2D eigenvalue weighted by molar-refractivity contribution is 7.88. The van der Waals surface area contributed by atoms with E-state index in [1.165, 1.54) is 0 Å². The van der Waals surface area contributed by atoms with E-state index in [0.29, 0.717) is 13.0 Å². The third kappa shape index (κ3) is 3.97. The number of piperidine rings is 1. The van der Waals surface area contributed by atoms with Crippen molar-refractivity contribution in [1.29, 1.82) is 0 Å². The predicted octanol–water partition coefficient (Wildman–Crippen LogP) is -0.999. The topological polar surface area (TPSA) is 104 Å². The van der Waals surface area contributed by atoms with Gasteiger partial charge in [-0.2, -0.15) is 4.31 Å². The van der Waals surface area contributed by atoms with Gasteiger partial charge >= 0.3 is 5.97 Å². The number of aliphatic carboxylic acids is 1. The summed E-state index contributed by atoms with van der Waals surface area (Å²) >= 11 is 0. The molecule has 1 amide bonds. The highest BCUT2D eigenvalue weighted by Crippen LogP contribution is 2.19. The highest BCUT2D eigenvalue weighted by atomic mass is 32.2. The van der Waals surface area contributed by atoms with E-state index in [-0.39, 0.29) is 0 Å². The first kappa shape index (κ1) is 13.9. The Kier molecular flexibility index (Phi) is 4.47. The lowest BCUT2D eigenvalue weighted by molar-refractivity contribution is -0.138. The van der Waals surface area contributed by atoms with Gasteiger partial charge in [0, 0.05) is 6.54 Å². The lowest BCUT2D eigenvalue weighted by Gasteiger charge is -2.32. The minimum absolute atomic E-state index is 0.310. The highest BCUT2D eigenvalue weighted by Gasteiger charge is 2.34. The lowest BCUT2D eigenvalue weighted by Crippen LogP contribution is -2.52. The van der Waals surface area contributed by atoms with E-state index in [4.69, 9.17) is 5.11 Å². The standard InChI is InChI=1S/C9H16N2O5S/c1-17(15,16)11-5-3-2-4-7(11)9(14)10-6-8(12)13/h7H,2-6H2,1H3,(H,10,14)(H,12,13). The molecule has 1 saturated heterocycles. The summed E-state index contributed by atoms with van der Waals surface area (Å²) in [5, 5.41) is 10.6. The quantitative estimate of drug-likeness (QED) is 0.678. The van der Waals surface area contributed by atoms with Crippen LogP contribution in [0.1, 0.15) is 19.3 Å². The van der Waals surface area contributed by atoms with E-state index >= 15 is 0 Å². The maximum absolute atomic E-state index is 11.7. The van der Waals surface area contributed by atoms with Crippen LogP contribution in [0.4, 0.5) is 0 Å². The van der Waals surface area contributed by atoms with Gasteiger partial charge in [0.05, 0.1) is 6.26 Å². The Morgan fingerprint density at radius 3 is 2.59 bits per heavy atom. The number of sulfonamides is 1. The van der Waals surface area contributed by atoms with E-state index in [1.54, 1.807) is 0 Å². The molecular formula is C9H16N2O5S. The number of hydrogen-bond acceptors (Lipinski definition) is 4. The number of carboxylic acid groups (broad SMARTS) is 1. The van der Waals surface area contributed by atoms with Crippen LogP contribution in [0.15, 0.2) is 0 Å². The van der Waals surface area contributed by atoms with Crippen molar-refractivity contribution in [1.82, 2.24) is 9.62 Å². The van der Waals surface area contributed by atoms with Crippen molar-refractivity contribution in [2.24, 2.45) is 0 Å². The number of carboxylic acids is 1. The SMILES string of the molecule is CS(=O)(=O)N1CCCCC1C(=O)NCC(=O)O. The Labute approximate surface area is 99.8 Å². The number of carbonyl (C=O) groups is 2. The zero-order chi connectivity index (χ0) is 13.1. The van der Waals surface area contributed by atoms with E-state index in [2.05, 4.69) is 5.32 Å². The molecule has 1 atom stereocenters. The zero-order valence-electron chi connectivity index (χ0n) is 9.55. The van der Waals surface area contributed by atoms with Crippen molar-refractivity contribution in [2.75, 3.05) is 19.3 Å². The van der Waals surface area contributed by atoms with Gasteiger partial charge < -0.3 is 10.4 Å². The van der Waals surface area contributed by atoms with Crippen molar-refractivity contribution in [3.63, 3.8) is 0 Å². The normalized spacial score (nSPS) is 22.1. The second-order valence-electron chi connectivity index (χ2n) is 4.00. The van der Waals surface area contributed by atoms with Crippen molar-refractivity contribution in [2.45, 2.75) is 25.3 Å². The molecule has 1 unspecified atom stereocenters. The number of nitrogens with zero attached hydrogens (tertiary/aromatic N) is 1. The smallest absolute Gasteiger partial charge is 0.322 e. The number of rotatable bonds is 4. The van der Waals surface area contributed by atoms with Crippen molar-refractivity contribution in [3.05, 3.63) is 0 Å². The van der Waals surface area contributed by atoms with Crippen LogP contribution in [-0.2, 0) is 19.6 Å². The molecule has 1 heterocycles. The third-order valence-electron chi connectivity index (χ3n) is 2.60. The summed E-state index contributed by atoms with van der Waals surface area (Å²) in [6.45, 7) is -0.184. The first-order chi connectivity index (χ1) is 7.82. The second kappa shape index (κ2) is 5.46. The fraction of sp³-hybridized carbons (Fsp3) is 0.778. The summed E-state index contributed by atoms with van der Waals surface area (Å²) in [6.07, 6.45) is 2.96. The predicted molar refractivity (Wildman–Crippen MR) is 59.8 cm³/mol. The molecule has 0 radical (unpaired) electrons. The van der Waals surface area contributed by atoms with Crippen LogP contribution in [0.25, 0.3) is 0 Å². The molecule has 1 rings (SSSR count). The molecule has 0 spiro atoms. The molecule has 8 heteroatoms. The summed E-state index contributed by atoms with van der Waals surface area (Å²) in [6, 6.07) is -0.780.